The maximum absolute atomic E-state index is 12.2. The Hall–Kier alpha value is -2.06. The third-order valence-electron chi connectivity index (χ3n) is 5.77. The highest BCUT2D eigenvalue weighted by atomic mass is 16.5. The summed E-state index contributed by atoms with van der Waals surface area (Å²) < 4.78 is 11.2. The molecule has 4 N–H and O–H groups in total. The first-order chi connectivity index (χ1) is 14.5. The molecular weight excluding hydrogens is 382 g/mol. The van der Waals surface area contributed by atoms with E-state index in [4.69, 9.17) is 15.2 Å². The molecule has 1 saturated carbocycles. The summed E-state index contributed by atoms with van der Waals surface area (Å²) in [7, 11) is 0. The van der Waals surface area contributed by atoms with Crippen molar-refractivity contribution in [2.24, 2.45) is 5.92 Å². The number of nitrogens with two attached hydrogens (primary N) is 1. The number of rotatable bonds is 9. The zero-order chi connectivity index (χ0) is 21.3. The van der Waals surface area contributed by atoms with Crippen LogP contribution in [0.3, 0.4) is 0 Å². The van der Waals surface area contributed by atoms with Gasteiger partial charge in [0, 0.05) is 43.7 Å². The van der Waals surface area contributed by atoms with E-state index in [-0.39, 0.29) is 17.9 Å². The van der Waals surface area contributed by atoms with Crippen molar-refractivity contribution in [3.8, 4) is 5.88 Å². The fourth-order valence-electron chi connectivity index (χ4n) is 4.06. The Labute approximate surface area is 179 Å². The number of morpholine rings is 1. The van der Waals surface area contributed by atoms with Crippen molar-refractivity contribution in [3.05, 3.63) is 12.3 Å². The highest BCUT2D eigenvalue weighted by molar-refractivity contribution is 5.79. The number of amides is 1. The van der Waals surface area contributed by atoms with E-state index in [0.29, 0.717) is 24.2 Å². The standard InChI is InChI=1S/C22H37N5O3/c1-16(2)25-22(28)17-4-6-18(7-5-17)26-20-14-21(24-15-19(20)23)30-11-3-8-27-9-12-29-13-10-27/h14-18H,3-13,23H2,1-2H3,(H,24,26)(H,25,28)/t17-,18+. The number of ether oxygens (including phenoxy) is 2. The molecule has 0 unspecified atom stereocenters. The van der Waals surface area contributed by atoms with Crippen LogP contribution in [0.5, 0.6) is 5.88 Å². The Kier molecular flexibility index (Phi) is 8.57. The summed E-state index contributed by atoms with van der Waals surface area (Å²) in [6.45, 7) is 9.27. The smallest absolute Gasteiger partial charge is 0.223 e. The lowest BCUT2D eigenvalue weighted by molar-refractivity contribution is -0.126. The van der Waals surface area contributed by atoms with Crippen LogP contribution in [-0.4, -0.2) is 67.3 Å². The molecule has 2 fully saturated rings. The third kappa shape index (κ3) is 7.02. The number of aromatic nitrogens is 1. The van der Waals surface area contributed by atoms with Gasteiger partial charge in [-0.1, -0.05) is 0 Å². The maximum atomic E-state index is 12.2. The van der Waals surface area contributed by atoms with Gasteiger partial charge in [-0.25, -0.2) is 4.98 Å². The Morgan fingerprint density at radius 3 is 2.73 bits per heavy atom. The van der Waals surface area contributed by atoms with E-state index in [2.05, 4.69) is 20.5 Å². The first-order valence-electron chi connectivity index (χ1n) is 11.3. The van der Waals surface area contributed by atoms with Crippen LogP contribution in [0.2, 0.25) is 0 Å². The van der Waals surface area contributed by atoms with Crippen molar-refractivity contribution in [2.75, 3.05) is 50.5 Å². The van der Waals surface area contributed by atoms with Crippen LogP contribution >= 0.6 is 0 Å². The molecule has 3 rings (SSSR count). The van der Waals surface area contributed by atoms with Crippen LogP contribution in [0.25, 0.3) is 0 Å². The monoisotopic (exact) mass is 419 g/mol. The summed E-state index contributed by atoms with van der Waals surface area (Å²) in [5, 5.41) is 6.56. The van der Waals surface area contributed by atoms with Crippen molar-refractivity contribution in [2.45, 2.75) is 58.0 Å². The molecule has 0 atom stereocenters. The summed E-state index contributed by atoms with van der Waals surface area (Å²) >= 11 is 0. The van der Waals surface area contributed by atoms with Gasteiger partial charge in [0.25, 0.3) is 0 Å². The molecule has 1 saturated heterocycles. The van der Waals surface area contributed by atoms with Crippen LogP contribution in [0.15, 0.2) is 12.3 Å². The number of anilines is 2. The second kappa shape index (κ2) is 11.4. The molecular formula is C22H37N5O3. The van der Waals surface area contributed by atoms with Gasteiger partial charge in [-0.15, -0.1) is 0 Å². The van der Waals surface area contributed by atoms with E-state index in [1.54, 1.807) is 6.20 Å². The lowest BCUT2D eigenvalue weighted by Gasteiger charge is -2.30. The quantitative estimate of drug-likeness (QED) is 0.528. The second-order valence-electron chi connectivity index (χ2n) is 8.62. The van der Waals surface area contributed by atoms with E-state index in [1.165, 1.54) is 0 Å². The Morgan fingerprint density at radius 2 is 2.03 bits per heavy atom. The van der Waals surface area contributed by atoms with Crippen molar-refractivity contribution in [1.29, 1.82) is 0 Å². The molecule has 8 heteroatoms. The fraction of sp³-hybridized carbons (Fsp3) is 0.727. The Morgan fingerprint density at radius 1 is 1.30 bits per heavy atom. The van der Waals surface area contributed by atoms with Gasteiger partial charge in [-0.2, -0.15) is 0 Å². The van der Waals surface area contributed by atoms with Crippen molar-refractivity contribution in [3.63, 3.8) is 0 Å². The minimum atomic E-state index is 0.116. The second-order valence-corrected chi connectivity index (χ2v) is 8.62. The number of pyridine rings is 1. The molecule has 2 aliphatic rings. The SMILES string of the molecule is CC(C)NC(=O)[C@H]1CC[C@@H](Nc2cc(OCCCN3CCOCC3)ncc2N)CC1. The molecule has 1 amide bonds. The van der Waals surface area contributed by atoms with Gasteiger partial charge in [0.2, 0.25) is 11.8 Å². The minimum absolute atomic E-state index is 0.116. The van der Waals surface area contributed by atoms with Crippen LogP contribution in [0.4, 0.5) is 11.4 Å². The van der Waals surface area contributed by atoms with E-state index in [1.807, 2.05) is 19.9 Å². The lowest BCUT2D eigenvalue weighted by atomic mass is 9.85. The van der Waals surface area contributed by atoms with Crippen molar-refractivity contribution >= 4 is 17.3 Å². The number of hydrogen-bond acceptors (Lipinski definition) is 7. The first-order valence-corrected chi connectivity index (χ1v) is 11.3. The molecule has 0 spiro atoms. The number of hydrogen-bond donors (Lipinski definition) is 3. The van der Waals surface area contributed by atoms with E-state index in [0.717, 1.165) is 70.6 Å². The van der Waals surface area contributed by atoms with Gasteiger partial charge in [0.05, 0.1) is 37.4 Å². The topological polar surface area (TPSA) is 102 Å². The van der Waals surface area contributed by atoms with Gasteiger partial charge < -0.3 is 25.8 Å². The molecule has 1 aliphatic carbocycles. The number of nitrogen functional groups attached to an aromatic ring is 1. The summed E-state index contributed by atoms with van der Waals surface area (Å²) in [4.78, 5) is 18.9. The molecule has 1 aromatic rings. The van der Waals surface area contributed by atoms with Crippen LogP contribution < -0.4 is 21.1 Å². The summed E-state index contributed by atoms with van der Waals surface area (Å²) in [6, 6.07) is 2.39. The molecule has 1 aromatic heterocycles. The molecule has 0 radical (unpaired) electrons. The average Bonchev–Trinajstić information content (AvgIpc) is 2.74. The highest BCUT2D eigenvalue weighted by Gasteiger charge is 2.26. The number of nitrogens with zero attached hydrogens (tertiary/aromatic N) is 2. The van der Waals surface area contributed by atoms with Crippen LogP contribution in [-0.2, 0) is 9.53 Å². The van der Waals surface area contributed by atoms with Gasteiger partial charge in [0.1, 0.15) is 0 Å². The predicted molar refractivity (Wildman–Crippen MR) is 119 cm³/mol. The zero-order valence-electron chi connectivity index (χ0n) is 18.4. The van der Waals surface area contributed by atoms with Gasteiger partial charge in [-0.3, -0.25) is 9.69 Å². The fourth-order valence-corrected chi connectivity index (χ4v) is 4.06. The predicted octanol–water partition coefficient (Wildman–Crippen LogP) is 2.26. The normalized spacial score (nSPS) is 22.6. The summed E-state index contributed by atoms with van der Waals surface area (Å²) in [5.74, 6) is 0.893. The molecule has 30 heavy (non-hydrogen) atoms. The van der Waals surface area contributed by atoms with Crippen molar-refractivity contribution in [1.82, 2.24) is 15.2 Å². The van der Waals surface area contributed by atoms with Crippen molar-refractivity contribution < 1.29 is 14.3 Å². The largest absolute Gasteiger partial charge is 0.478 e. The molecule has 0 bridgehead atoms. The minimum Gasteiger partial charge on any atom is -0.478 e. The van der Waals surface area contributed by atoms with E-state index < -0.39 is 0 Å². The Balaban J connectivity index is 1.42. The number of nitrogens with one attached hydrogen (secondary N) is 2. The zero-order valence-corrected chi connectivity index (χ0v) is 18.4. The molecule has 8 nitrogen and oxygen atoms in total. The Bertz CT molecular complexity index is 671. The molecule has 168 valence electrons. The molecule has 0 aromatic carbocycles. The van der Waals surface area contributed by atoms with Gasteiger partial charge in [-0.05, 0) is 46.0 Å². The van der Waals surface area contributed by atoms with E-state index >= 15 is 0 Å². The number of carbonyl (C=O) groups excluding carboxylic acids is 1. The molecule has 2 heterocycles. The van der Waals surface area contributed by atoms with Gasteiger partial charge >= 0.3 is 0 Å². The highest BCUT2D eigenvalue weighted by Crippen LogP contribution is 2.30. The number of carbonyl (C=O) groups is 1. The third-order valence-corrected chi connectivity index (χ3v) is 5.77. The van der Waals surface area contributed by atoms with E-state index in [9.17, 15) is 4.79 Å². The average molecular weight is 420 g/mol. The van der Waals surface area contributed by atoms with Crippen LogP contribution in [0.1, 0.15) is 46.0 Å². The first kappa shape index (κ1) is 22.6. The van der Waals surface area contributed by atoms with Gasteiger partial charge in [0.15, 0.2) is 0 Å². The summed E-state index contributed by atoms with van der Waals surface area (Å²) in [6.07, 6.45) is 6.30. The summed E-state index contributed by atoms with van der Waals surface area (Å²) in [5.41, 5.74) is 7.61. The maximum Gasteiger partial charge on any atom is 0.223 e. The lowest BCUT2D eigenvalue weighted by Crippen LogP contribution is -2.38. The van der Waals surface area contributed by atoms with Crippen LogP contribution in [0, 0.1) is 5.92 Å². The molecule has 1 aliphatic heterocycles.